The van der Waals surface area contributed by atoms with E-state index in [4.69, 9.17) is 5.11 Å². The Morgan fingerprint density at radius 1 is 1.21 bits per heavy atom. The van der Waals surface area contributed by atoms with Crippen molar-refractivity contribution in [3.8, 4) is 5.69 Å². The van der Waals surface area contributed by atoms with E-state index in [0.29, 0.717) is 5.69 Å². The van der Waals surface area contributed by atoms with Gasteiger partial charge in [-0.25, -0.2) is 4.79 Å². The van der Waals surface area contributed by atoms with Gasteiger partial charge in [-0.2, -0.15) is 9.78 Å². The van der Waals surface area contributed by atoms with Gasteiger partial charge in [0.15, 0.2) is 0 Å². The monoisotopic (exact) mass is 259 g/mol. The van der Waals surface area contributed by atoms with Crippen molar-refractivity contribution in [3.63, 3.8) is 0 Å². The van der Waals surface area contributed by atoms with E-state index in [0.717, 1.165) is 10.4 Å². The Kier molecular flexibility index (Phi) is 3.33. The fraction of sp³-hybridized carbons (Fsp3) is 0.154. The number of aromatic carboxylic acids is 1. The minimum atomic E-state index is -1.26. The molecule has 0 fully saturated rings. The molecule has 2 aromatic rings. The SMILES string of the molecule is CN(C)c1ccc(-n2nccc(C(=O)O)c2=O)cc1. The minimum Gasteiger partial charge on any atom is -0.477 e. The van der Waals surface area contributed by atoms with Gasteiger partial charge in [-0.15, -0.1) is 0 Å². The molecule has 0 radical (unpaired) electrons. The first-order valence-electron chi connectivity index (χ1n) is 5.60. The van der Waals surface area contributed by atoms with Crippen molar-refractivity contribution in [2.24, 2.45) is 0 Å². The molecule has 1 N–H and O–H groups in total. The average Bonchev–Trinajstić information content (AvgIpc) is 2.38. The lowest BCUT2D eigenvalue weighted by Crippen LogP contribution is -2.26. The van der Waals surface area contributed by atoms with Gasteiger partial charge < -0.3 is 10.0 Å². The van der Waals surface area contributed by atoms with Crippen molar-refractivity contribution in [3.05, 3.63) is 52.4 Å². The van der Waals surface area contributed by atoms with Crippen molar-refractivity contribution >= 4 is 11.7 Å². The van der Waals surface area contributed by atoms with E-state index < -0.39 is 11.5 Å². The molecule has 2 rings (SSSR count). The number of anilines is 1. The summed E-state index contributed by atoms with van der Waals surface area (Å²) in [6.07, 6.45) is 1.30. The lowest BCUT2D eigenvalue weighted by molar-refractivity contribution is 0.0694. The largest absolute Gasteiger partial charge is 0.477 e. The van der Waals surface area contributed by atoms with Crippen LogP contribution in [0.4, 0.5) is 5.69 Å². The van der Waals surface area contributed by atoms with Crippen LogP contribution in [0.15, 0.2) is 41.3 Å². The zero-order valence-electron chi connectivity index (χ0n) is 10.6. The quantitative estimate of drug-likeness (QED) is 0.889. The molecule has 0 atom stereocenters. The Balaban J connectivity index is 2.51. The lowest BCUT2D eigenvalue weighted by Gasteiger charge is -2.13. The topological polar surface area (TPSA) is 75.4 Å². The highest BCUT2D eigenvalue weighted by Crippen LogP contribution is 2.13. The Morgan fingerprint density at radius 3 is 2.37 bits per heavy atom. The zero-order chi connectivity index (χ0) is 14.0. The standard InChI is InChI=1S/C13H13N3O3/c1-15(2)9-3-5-10(6-4-9)16-12(17)11(13(18)19)7-8-14-16/h3-8H,1-2H3,(H,18,19). The summed E-state index contributed by atoms with van der Waals surface area (Å²) in [4.78, 5) is 24.8. The maximum atomic E-state index is 11.9. The summed E-state index contributed by atoms with van der Waals surface area (Å²) in [5.74, 6) is -1.26. The predicted octanol–water partition coefficient (Wildman–Crippen LogP) is 0.997. The molecule has 0 aliphatic heterocycles. The third-order valence-corrected chi connectivity index (χ3v) is 2.69. The third-order valence-electron chi connectivity index (χ3n) is 2.69. The Labute approximate surface area is 109 Å². The Bertz CT molecular complexity index is 660. The summed E-state index contributed by atoms with van der Waals surface area (Å²) in [6, 6.07) is 8.29. The molecule has 0 aliphatic carbocycles. The van der Waals surface area contributed by atoms with Crippen LogP contribution in [0.5, 0.6) is 0 Å². The summed E-state index contributed by atoms with van der Waals surface area (Å²) in [6.45, 7) is 0. The van der Waals surface area contributed by atoms with Crippen molar-refractivity contribution in [2.75, 3.05) is 19.0 Å². The number of carboxylic acid groups (broad SMARTS) is 1. The van der Waals surface area contributed by atoms with Crippen molar-refractivity contribution in [1.29, 1.82) is 0 Å². The third kappa shape index (κ3) is 2.47. The fourth-order valence-electron chi connectivity index (χ4n) is 1.65. The first-order chi connectivity index (χ1) is 9.00. The lowest BCUT2D eigenvalue weighted by atomic mass is 10.2. The molecule has 0 aliphatic rings. The molecule has 1 aromatic carbocycles. The van der Waals surface area contributed by atoms with E-state index in [1.807, 2.05) is 31.1 Å². The molecule has 1 heterocycles. The number of rotatable bonds is 3. The van der Waals surface area contributed by atoms with Gasteiger partial charge in [0.1, 0.15) is 5.56 Å². The summed E-state index contributed by atoms with van der Waals surface area (Å²) < 4.78 is 1.07. The molecular weight excluding hydrogens is 246 g/mol. The van der Waals surface area contributed by atoms with Gasteiger partial charge in [0, 0.05) is 26.0 Å². The highest BCUT2D eigenvalue weighted by Gasteiger charge is 2.12. The second kappa shape index (κ2) is 4.93. The maximum Gasteiger partial charge on any atom is 0.341 e. The number of nitrogens with zero attached hydrogens (tertiary/aromatic N) is 3. The van der Waals surface area contributed by atoms with E-state index >= 15 is 0 Å². The van der Waals surface area contributed by atoms with Crippen molar-refractivity contribution < 1.29 is 9.90 Å². The maximum absolute atomic E-state index is 11.9. The van der Waals surface area contributed by atoms with Gasteiger partial charge in [0.2, 0.25) is 0 Å². The summed E-state index contributed by atoms with van der Waals surface area (Å²) in [5, 5.41) is 12.8. The fourth-order valence-corrected chi connectivity index (χ4v) is 1.65. The molecular formula is C13H13N3O3. The number of aromatic nitrogens is 2. The molecule has 6 nitrogen and oxygen atoms in total. The van der Waals surface area contributed by atoms with Gasteiger partial charge in [-0.3, -0.25) is 4.79 Å². The number of hydrogen-bond acceptors (Lipinski definition) is 4. The van der Waals surface area contributed by atoms with Crippen LogP contribution in [-0.4, -0.2) is 35.0 Å². The van der Waals surface area contributed by atoms with Crippen LogP contribution in [0.2, 0.25) is 0 Å². The minimum absolute atomic E-state index is 0.299. The molecule has 1 aromatic heterocycles. The van der Waals surface area contributed by atoms with Gasteiger partial charge in [-0.05, 0) is 30.3 Å². The van der Waals surface area contributed by atoms with Gasteiger partial charge in [0.25, 0.3) is 5.56 Å². The first-order valence-corrected chi connectivity index (χ1v) is 5.60. The van der Waals surface area contributed by atoms with Crippen molar-refractivity contribution in [2.45, 2.75) is 0 Å². The number of hydrogen-bond donors (Lipinski definition) is 1. The Morgan fingerprint density at radius 2 is 1.84 bits per heavy atom. The van der Waals surface area contributed by atoms with Crippen LogP contribution >= 0.6 is 0 Å². The highest BCUT2D eigenvalue weighted by atomic mass is 16.4. The average molecular weight is 259 g/mol. The van der Waals surface area contributed by atoms with Crippen LogP contribution in [0.3, 0.4) is 0 Å². The number of carboxylic acids is 1. The van der Waals surface area contributed by atoms with Crippen LogP contribution in [0.1, 0.15) is 10.4 Å². The zero-order valence-corrected chi connectivity index (χ0v) is 10.6. The highest BCUT2D eigenvalue weighted by molar-refractivity contribution is 5.86. The van der Waals surface area contributed by atoms with Crippen molar-refractivity contribution in [1.82, 2.24) is 9.78 Å². The van der Waals surface area contributed by atoms with Crippen LogP contribution in [-0.2, 0) is 0 Å². The van der Waals surface area contributed by atoms with E-state index in [-0.39, 0.29) is 5.56 Å². The molecule has 0 bridgehead atoms. The van der Waals surface area contributed by atoms with Gasteiger partial charge in [0.05, 0.1) is 5.69 Å². The second-order valence-corrected chi connectivity index (χ2v) is 4.18. The summed E-state index contributed by atoms with van der Waals surface area (Å²) >= 11 is 0. The van der Waals surface area contributed by atoms with Gasteiger partial charge >= 0.3 is 5.97 Å². The summed E-state index contributed by atoms with van der Waals surface area (Å²) in [5.41, 5.74) is 0.559. The predicted molar refractivity (Wildman–Crippen MR) is 71.1 cm³/mol. The molecule has 0 unspecified atom stereocenters. The first kappa shape index (κ1) is 12.8. The van der Waals surface area contributed by atoms with Crippen LogP contribution in [0, 0.1) is 0 Å². The number of benzene rings is 1. The normalized spacial score (nSPS) is 10.2. The summed E-state index contributed by atoms with van der Waals surface area (Å²) in [7, 11) is 3.81. The van der Waals surface area contributed by atoms with Crippen LogP contribution < -0.4 is 10.5 Å². The van der Waals surface area contributed by atoms with E-state index in [2.05, 4.69) is 5.10 Å². The molecule has 0 amide bonds. The van der Waals surface area contributed by atoms with Crippen LogP contribution in [0.25, 0.3) is 5.69 Å². The van der Waals surface area contributed by atoms with E-state index in [9.17, 15) is 9.59 Å². The molecule has 0 saturated carbocycles. The van der Waals surface area contributed by atoms with E-state index in [1.165, 1.54) is 12.3 Å². The molecule has 98 valence electrons. The van der Waals surface area contributed by atoms with E-state index in [1.54, 1.807) is 12.1 Å². The molecule has 19 heavy (non-hydrogen) atoms. The Hall–Kier alpha value is -2.63. The van der Waals surface area contributed by atoms with Gasteiger partial charge in [-0.1, -0.05) is 0 Å². The molecule has 0 saturated heterocycles. The second-order valence-electron chi connectivity index (χ2n) is 4.18. The molecule has 6 heteroatoms. The molecule has 0 spiro atoms. The number of carbonyl (C=O) groups is 1. The smallest absolute Gasteiger partial charge is 0.341 e.